The zero-order valence-corrected chi connectivity index (χ0v) is 19.9. The van der Waals surface area contributed by atoms with E-state index in [4.69, 9.17) is 4.74 Å². The third-order valence-electron chi connectivity index (χ3n) is 6.81. The Kier molecular flexibility index (Phi) is 5.95. The molecular weight excluding hydrogens is 420 g/mol. The van der Waals surface area contributed by atoms with E-state index in [1.165, 1.54) is 0 Å². The summed E-state index contributed by atoms with van der Waals surface area (Å²) in [7, 11) is -1.02. The van der Waals surface area contributed by atoms with E-state index in [-0.39, 0.29) is 11.4 Å². The molecule has 1 aromatic carbocycles. The summed E-state index contributed by atoms with van der Waals surface area (Å²) in [5.74, 6) is 0.868. The Morgan fingerprint density at radius 3 is 2.75 bits per heavy atom. The molecule has 6 nitrogen and oxygen atoms in total. The van der Waals surface area contributed by atoms with Crippen LogP contribution < -0.4 is 10.1 Å². The number of benzene rings is 1. The second-order valence-electron chi connectivity index (χ2n) is 9.17. The standard InChI is InChI=1S/C25H32N4O2S/c1-17(2)28-11-8-19(9-12-28)32(30)20-6-7-23-21(15-20)25-27-22(16-29(25)13-14-31-23)24-18(3)5-4-10-26-24/h4-7,10,15-17,19,25,27H,8-9,11-14H2,1-3H3. The number of aromatic nitrogens is 1. The third-order valence-corrected chi connectivity index (χ3v) is 8.60. The van der Waals surface area contributed by atoms with Crippen molar-refractivity contribution in [3.63, 3.8) is 0 Å². The summed E-state index contributed by atoms with van der Waals surface area (Å²) < 4.78 is 19.5. The summed E-state index contributed by atoms with van der Waals surface area (Å²) in [6.07, 6.45) is 5.90. The molecule has 0 spiro atoms. The fourth-order valence-corrected chi connectivity index (χ4v) is 6.38. The first-order valence-corrected chi connectivity index (χ1v) is 12.8. The van der Waals surface area contributed by atoms with Crippen LogP contribution in [0.2, 0.25) is 0 Å². The Morgan fingerprint density at radius 2 is 2.00 bits per heavy atom. The van der Waals surface area contributed by atoms with Gasteiger partial charge in [0.2, 0.25) is 0 Å². The van der Waals surface area contributed by atoms with Crippen molar-refractivity contribution in [1.29, 1.82) is 0 Å². The van der Waals surface area contributed by atoms with Crippen molar-refractivity contribution in [3.05, 3.63) is 59.5 Å². The third kappa shape index (κ3) is 4.04. The molecule has 2 atom stereocenters. The van der Waals surface area contributed by atoms with E-state index in [1.54, 1.807) is 0 Å². The summed E-state index contributed by atoms with van der Waals surface area (Å²) in [5, 5.41) is 3.86. The van der Waals surface area contributed by atoms with E-state index >= 15 is 0 Å². The summed E-state index contributed by atoms with van der Waals surface area (Å²) in [6.45, 7) is 10.0. The lowest BCUT2D eigenvalue weighted by molar-refractivity contribution is 0.187. The number of likely N-dealkylation sites (tertiary alicyclic amines) is 1. The summed E-state index contributed by atoms with van der Waals surface area (Å²) in [6, 6.07) is 10.7. The molecule has 0 amide bonds. The molecule has 2 aromatic rings. The largest absolute Gasteiger partial charge is 0.491 e. The fraction of sp³-hybridized carbons (Fsp3) is 0.480. The van der Waals surface area contributed by atoms with Crippen LogP contribution in [0.1, 0.15) is 49.7 Å². The summed E-state index contributed by atoms with van der Waals surface area (Å²) >= 11 is 0. The molecule has 3 aliphatic heterocycles. The maximum atomic E-state index is 13.5. The SMILES string of the molecule is Cc1cccnc1C1=CN2CCOc3ccc(S(=O)C4CCN(C(C)C)CC4)cc3C2N1. The molecule has 1 N–H and O–H groups in total. The number of aryl methyl sites for hydroxylation is 1. The smallest absolute Gasteiger partial charge is 0.129 e. The van der Waals surface area contributed by atoms with E-state index in [9.17, 15) is 4.21 Å². The van der Waals surface area contributed by atoms with Gasteiger partial charge < -0.3 is 19.9 Å². The number of ether oxygens (including phenoxy) is 1. The van der Waals surface area contributed by atoms with Crippen LogP contribution in [0.5, 0.6) is 5.75 Å². The molecule has 4 heterocycles. The van der Waals surface area contributed by atoms with Gasteiger partial charge in [-0.15, -0.1) is 0 Å². The number of piperidine rings is 1. The van der Waals surface area contributed by atoms with Gasteiger partial charge in [0.05, 0.1) is 28.7 Å². The van der Waals surface area contributed by atoms with Crippen molar-refractivity contribution >= 4 is 16.5 Å². The summed E-state index contributed by atoms with van der Waals surface area (Å²) in [4.78, 5) is 10.2. The minimum Gasteiger partial charge on any atom is -0.491 e. The molecule has 0 aliphatic carbocycles. The van der Waals surface area contributed by atoms with Crippen molar-refractivity contribution in [2.45, 2.75) is 56.0 Å². The van der Waals surface area contributed by atoms with Crippen LogP contribution in [-0.2, 0) is 10.8 Å². The number of nitrogens with one attached hydrogen (secondary N) is 1. The maximum Gasteiger partial charge on any atom is 0.129 e. The van der Waals surface area contributed by atoms with Gasteiger partial charge in [0.15, 0.2) is 0 Å². The highest BCUT2D eigenvalue weighted by molar-refractivity contribution is 7.85. The molecule has 32 heavy (non-hydrogen) atoms. The van der Waals surface area contributed by atoms with Gasteiger partial charge in [-0.2, -0.15) is 0 Å². The Morgan fingerprint density at radius 1 is 1.19 bits per heavy atom. The van der Waals surface area contributed by atoms with E-state index in [2.05, 4.69) is 59.2 Å². The summed E-state index contributed by atoms with van der Waals surface area (Å²) in [5.41, 5.74) is 4.18. The van der Waals surface area contributed by atoms with Crippen LogP contribution in [0.4, 0.5) is 0 Å². The van der Waals surface area contributed by atoms with Gasteiger partial charge in [-0.1, -0.05) is 6.07 Å². The van der Waals surface area contributed by atoms with Crippen molar-refractivity contribution in [3.8, 4) is 5.75 Å². The molecule has 1 aromatic heterocycles. The zero-order chi connectivity index (χ0) is 22.2. The van der Waals surface area contributed by atoms with Gasteiger partial charge in [-0.05, 0) is 76.5 Å². The molecular formula is C25H32N4O2S. The Hall–Kier alpha value is -2.38. The quantitative estimate of drug-likeness (QED) is 0.764. The van der Waals surface area contributed by atoms with Crippen LogP contribution in [-0.4, -0.2) is 56.5 Å². The maximum absolute atomic E-state index is 13.5. The molecule has 0 radical (unpaired) electrons. The van der Waals surface area contributed by atoms with E-state index in [0.717, 1.165) is 65.6 Å². The van der Waals surface area contributed by atoms with E-state index in [1.807, 2.05) is 24.4 Å². The van der Waals surface area contributed by atoms with E-state index in [0.29, 0.717) is 12.6 Å². The van der Waals surface area contributed by atoms with Gasteiger partial charge in [-0.3, -0.25) is 9.19 Å². The lowest BCUT2D eigenvalue weighted by atomic mass is 10.1. The van der Waals surface area contributed by atoms with E-state index < -0.39 is 10.8 Å². The first-order chi connectivity index (χ1) is 15.5. The monoisotopic (exact) mass is 452 g/mol. The predicted molar refractivity (Wildman–Crippen MR) is 128 cm³/mol. The Balaban J connectivity index is 1.38. The van der Waals surface area contributed by atoms with Gasteiger partial charge in [0, 0.05) is 34.1 Å². The average Bonchev–Trinajstić information content (AvgIpc) is 3.15. The zero-order valence-electron chi connectivity index (χ0n) is 19.1. The molecule has 3 aliphatic rings. The fourth-order valence-electron chi connectivity index (χ4n) is 4.91. The number of fused-ring (bicyclic) bond motifs is 3. The normalized spacial score (nSPS) is 22.4. The lowest BCUT2D eigenvalue weighted by Gasteiger charge is -2.34. The number of hydrogen-bond acceptors (Lipinski definition) is 6. The first kappa shape index (κ1) is 21.5. The topological polar surface area (TPSA) is 57.7 Å². The number of nitrogens with zero attached hydrogens (tertiary/aromatic N) is 3. The average molecular weight is 453 g/mol. The number of pyridine rings is 1. The minimum absolute atomic E-state index is 0.0383. The highest BCUT2D eigenvalue weighted by Crippen LogP contribution is 2.38. The van der Waals surface area contributed by atoms with Crippen LogP contribution in [0, 0.1) is 6.92 Å². The molecule has 0 saturated carbocycles. The van der Waals surface area contributed by atoms with Crippen LogP contribution >= 0.6 is 0 Å². The lowest BCUT2D eigenvalue weighted by Crippen LogP contribution is -2.41. The molecule has 0 bridgehead atoms. The Bertz CT molecular complexity index is 1050. The molecule has 5 rings (SSSR count). The molecule has 1 saturated heterocycles. The number of hydrogen-bond donors (Lipinski definition) is 1. The van der Waals surface area contributed by atoms with Crippen molar-refractivity contribution in [2.24, 2.45) is 0 Å². The molecule has 170 valence electrons. The van der Waals surface area contributed by atoms with Crippen molar-refractivity contribution in [2.75, 3.05) is 26.2 Å². The predicted octanol–water partition coefficient (Wildman–Crippen LogP) is 3.67. The minimum atomic E-state index is -1.02. The van der Waals surface area contributed by atoms with Crippen LogP contribution in [0.3, 0.4) is 0 Å². The van der Waals surface area contributed by atoms with Gasteiger partial charge in [0.1, 0.15) is 18.5 Å². The Labute approximate surface area is 193 Å². The molecule has 1 fully saturated rings. The first-order valence-electron chi connectivity index (χ1n) is 11.6. The van der Waals surface area contributed by atoms with Gasteiger partial charge in [-0.25, -0.2) is 0 Å². The number of rotatable bonds is 4. The second-order valence-corrected chi connectivity index (χ2v) is 10.9. The second kappa shape index (κ2) is 8.87. The molecule has 2 unspecified atom stereocenters. The van der Waals surface area contributed by atoms with Crippen LogP contribution in [0.15, 0.2) is 47.6 Å². The van der Waals surface area contributed by atoms with Gasteiger partial charge in [0.25, 0.3) is 0 Å². The highest BCUT2D eigenvalue weighted by atomic mass is 32.2. The van der Waals surface area contributed by atoms with Crippen molar-refractivity contribution in [1.82, 2.24) is 20.1 Å². The van der Waals surface area contributed by atoms with Gasteiger partial charge >= 0.3 is 0 Å². The highest BCUT2D eigenvalue weighted by Gasteiger charge is 2.33. The van der Waals surface area contributed by atoms with Crippen molar-refractivity contribution < 1.29 is 8.95 Å². The molecule has 7 heteroatoms. The van der Waals surface area contributed by atoms with Crippen LogP contribution in [0.25, 0.3) is 5.70 Å².